The number of carbonyl (C=O) groups excluding carboxylic acids is 7. The lowest BCUT2D eigenvalue weighted by Gasteiger charge is -2.44. The first-order valence-electron chi connectivity index (χ1n) is 20.6. The first kappa shape index (κ1) is 53.1. The van der Waals surface area contributed by atoms with E-state index >= 15 is 0 Å². The summed E-state index contributed by atoms with van der Waals surface area (Å²) in [6, 6.07) is 0.217. The molecule has 2 rings (SSSR count). The predicted octanol–water partition coefficient (Wildman–Crippen LogP) is 1.39. The van der Waals surface area contributed by atoms with Crippen molar-refractivity contribution in [3.8, 4) is 6.07 Å². The molecule has 7 atom stereocenters. The predicted molar refractivity (Wildman–Crippen MR) is 216 cm³/mol. The van der Waals surface area contributed by atoms with Crippen LogP contribution in [0.15, 0.2) is 0 Å². The van der Waals surface area contributed by atoms with Crippen molar-refractivity contribution in [1.82, 2.24) is 20.6 Å². The van der Waals surface area contributed by atoms with E-state index < -0.39 is 80.8 Å². The molecule has 0 aromatic heterocycles. The number of carbonyl (C=O) groups is 7. The van der Waals surface area contributed by atoms with E-state index in [1.54, 1.807) is 0 Å². The largest absolute Gasteiger partial charge is 0.463 e. The molecule has 0 spiro atoms. The number of hydrogen-bond acceptors (Lipinski definition) is 17. The number of esters is 3. The van der Waals surface area contributed by atoms with Crippen molar-refractivity contribution in [3.63, 3.8) is 0 Å². The number of nitrogens with two attached hydrogens (primary N) is 1. The Labute approximate surface area is 359 Å². The van der Waals surface area contributed by atoms with Gasteiger partial charge in [0.15, 0.2) is 18.5 Å². The summed E-state index contributed by atoms with van der Waals surface area (Å²) in [5.74, 6) is -4.51. The molecule has 21 nitrogen and oxygen atoms in total. The van der Waals surface area contributed by atoms with Crippen molar-refractivity contribution in [1.29, 1.82) is 5.26 Å². The summed E-state index contributed by atoms with van der Waals surface area (Å²) >= 11 is 0. The highest BCUT2D eigenvalue weighted by molar-refractivity contribution is 7.44. The van der Waals surface area contributed by atoms with Crippen LogP contribution < -0.4 is 21.7 Å². The second-order valence-electron chi connectivity index (χ2n) is 15.2. The van der Waals surface area contributed by atoms with E-state index in [9.17, 15) is 33.6 Å². The van der Waals surface area contributed by atoms with Crippen LogP contribution in [0.4, 0.5) is 0 Å². The normalized spacial score (nSPS) is 23.6. The van der Waals surface area contributed by atoms with Gasteiger partial charge in [0.2, 0.25) is 23.6 Å². The molecule has 5 N–H and O–H groups in total. The van der Waals surface area contributed by atoms with Gasteiger partial charge in [-0.05, 0) is 59.8 Å². The van der Waals surface area contributed by atoms with Gasteiger partial charge in [-0.15, -0.1) is 0 Å². The second kappa shape index (κ2) is 27.8. The molecule has 346 valence electrons. The minimum atomic E-state index is -1.43. The molecule has 61 heavy (non-hydrogen) atoms. The van der Waals surface area contributed by atoms with Gasteiger partial charge in [0.05, 0.1) is 45.0 Å². The third-order valence-electron chi connectivity index (χ3n) is 9.39. The quantitative estimate of drug-likeness (QED) is 0.0413. The lowest BCUT2D eigenvalue weighted by atomic mass is 9.86. The number of nitrogens with zero attached hydrogens (tertiary/aromatic N) is 2. The number of ether oxygens (including phenoxy) is 6. The highest BCUT2D eigenvalue weighted by atomic mass is 31.2. The molecule has 22 heteroatoms. The van der Waals surface area contributed by atoms with Crippen LogP contribution in [-0.2, 0) is 71.0 Å². The fraction of sp³-hybridized carbons (Fsp3) is 0.795. The molecule has 4 amide bonds. The van der Waals surface area contributed by atoms with Crippen LogP contribution in [0.1, 0.15) is 100 Å². The van der Waals surface area contributed by atoms with Crippen LogP contribution >= 0.6 is 8.53 Å². The summed E-state index contributed by atoms with van der Waals surface area (Å²) < 4.78 is 48.0. The fourth-order valence-corrected chi connectivity index (χ4v) is 8.60. The van der Waals surface area contributed by atoms with E-state index in [0.717, 1.165) is 13.8 Å². The molecular weight excluding hydrogens is 823 g/mol. The van der Waals surface area contributed by atoms with Crippen molar-refractivity contribution in [2.45, 2.75) is 155 Å². The molecule has 0 aromatic rings. The minimum absolute atomic E-state index is 0.00736. The molecule has 0 bridgehead atoms. The Morgan fingerprint density at radius 3 is 2.07 bits per heavy atom. The van der Waals surface area contributed by atoms with Crippen molar-refractivity contribution in [2.24, 2.45) is 11.7 Å². The number of rotatable bonds is 26. The molecule has 1 heterocycles. The summed E-state index contributed by atoms with van der Waals surface area (Å²) in [6.45, 7) is 12.7. The van der Waals surface area contributed by atoms with E-state index in [1.165, 1.54) is 13.8 Å². The van der Waals surface area contributed by atoms with E-state index in [4.69, 9.17) is 48.5 Å². The average Bonchev–Trinajstić information content (AvgIpc) is 3.16. The maximum Gasteiger partial charge on any atom is 0.303 e. The van der Waals surface area contributed by atoms with Gasteiger partial charge in [-0.3, -0.25) is 33.6 Å². The Hall–Kier alpha value is -4.03. The van der Waals surface area contributed by atoms with E-state index in [0.29, 0.717) is 25.7 Å². The topological polar surface area (TPSA) is 282 Å². The summed E-state index contributed by atoms with van der Waals surface area (Å²) in [5.41, 5.74) is 5.36. The Balaban J connectivity index is 1.95. The third kappa shape index (κ3) is 19.7. The second-order valence-corrected chi connectivity index (χ2v) is 16.6. The molecule has 3 unspecified atom stereocenters. The number of primary amides is 1. The zero-order valence-corrected chi connectivity index (χ0v) is 37.4. The molecule has 1 aliphatic heterocycles. The Bertz CT molecular complexity index is 1480. The summed E-state index contributed by atoms with van der Waals surface area (Å²) in [6.07, 6.45) is -2.77. The summed E-state index contributed by atoms with van der Waals surface area (Å²) in [4.78, 5) is 86.0. The molecule has 2 fully saturated rings. The molecule has 2 aliphatic rings. The van der Waals surface area contributed by atoms with Crippen molar-refractivity contribution in [2.75, 3.05) is 39.6 Å². The van der Waals surface area contributed by atoms with Gasteiger partial charge in [-0.1, -0.05) is 0 Å². The van der Waals surface area contributed by atoms with E-state index in [2.05, 4.69) is 54.4 Å². The zero-order valence-electron chi connectivity index (χ0n) is 36.5. The summed E-state index contributed by atoms with van der Waals surface area (Å²) in [5, 5.41) is 17.1. The maximum atomic E-state index is 13.4. The molecule has 1 saturated carbocycles. The number of amides is 4. The van der Waals surface area contributed by atoms with Crippen molar-refractivity contribution in [3.05, 3.63) is 0 Å². The van der Waals surface area contributed by atoms with Crippen LogP contribution in [0, 0.1) is 17.2 Å². The van der Waals surface area contributed by atoms with E-state index in [1.807, 2.05) is 0 Å². The van der Waals surface area contributed by atoms with E-state index in [-0.39, 0.29) is 88.9 Å². The first-order chi connectivity index (χ1) is 28.8. The molecule has 1 saturated heterocycles. The molecule has 1 aliphatic carbocycles. The summed E-state index contributed by atoms with van der Waals surface area (Å²) in [7, 11) is -1.43. The standard InChI is InChI=1S/C39H65N6O15P/c1-23(2)45(24(3)4)61(56-18-9-16-40)60-30-12-10-29(11-13-30)37(51)44-31(14-15-33(41)50)38(52)42-17-19-53-20-21-54-39-34(43-25(5)46)36(58-28(8)49)35(57-27(7)48)32(59-39)22-55-26(6)47/h23-24,29-32,34-36,39H,9-15,17-22H2,1-8H3,(H2,41,50)(H,42,52)(H,43,46)(H,44,51)/t29?,30?,31?,32-,34-,35+,36-,39?,61?/m1/s1. The monoisotopic (exact) mass is 888 g/mol. The molecule has 0 radical (unpaired) electrons. The van der Waals surface area contributed by atoms with Gasteiger partial charge < -0.3 is 59.2 Å². The zero-order chi connectivity index (χ0) is 45.6. The van der Waals surface area contributed by atoms with Gasteiger partial charge in [0.1, 0.15) is 24.8 Å². The Kier molecular flexibility index (Phi) is 24.2. The van der Waals surface area contributed by atoms with Gasteiger partial charge in [-0.2, -0.15) is 5.26 Å². The average molecular weight is 889 g/mol. The van der Waals surface area contributed by atoms with Crippen LogP contribution in [0.5, 0.6) is 0 Å². The SMILES string of the molecule is CC(=O)N[C@H]1C(OCCOCCNC(=O)C(CCC(N)=O)NC(=O)C2CCC(OP(OCCC#N)N(C(C)C)C(C)C)CC2)O[C@H](COC(C)=O)[C@H](OC(C)=O)[C@@H]1OC(C)=O. The highest BCUT2D eigenvalue weighted by Crippen LogP contribution is 2.49. The smallest absolute Gasteiger partial charge is 0.303 e. The van der Waals surface area contributed by atoms with Crippen molar-refractivity contribution < 1.29 is 71.0 Å². The number of hydrogen-bond donors (Lipinski definition) is 4. The number of nitriles is 1. The highest BCUT2D eigenvalue weighted by Gasteiger charge is 2.51. The lowest BCUT2D eigenvalue weighted by molar-refractivity contribution is -0.279. The minimum Gasteiger partial charge on any atom is -0.463 e. The Morgan fingerprint density at radius 2 is 1.51 bits per heavy atom. The van der Waals surface area contributed by atoms with Crippen LogP contribution in [0.25, 0.3) is 0 Å². The van der Waals surface area contributed by atoms with Crippen LogP contribution in [-0.4, -0.2) is 141 Å². The third-order valence-corrected chi connectivity index (χ3v) is 11.6. The fourth-order valence-electron chi connectivity index (χ4n) is 6.83. The maximum absolute atomic E-state index is 13.4. The van der Waals surface area contributed by atoms with Gasteiger partial charge in [-0.25, -0.2) is 4.67 Å². The Morgan fingerprint density at radius 1 is 0.869 bits per heavy atom. The first-order valence-corrected chi connectivity index (χ1v) is 21.7. The lowest BCUT2D eigenvalue weighted by Crippen LogP contribution is -2.66. The van der Waals surface area contributed by atoms with Gasteiger partial charge in [0, 0.05) is 58.7 Å². The number of nitrogens with one attached hydrogen (secondary N) is 3. The van der Waals surface area contributed by atoms with Gasteiger partial charge in [0.25, 0.3) is 8.53 Å². The molecular formula is C39H65N6O15P. The van der Waals surface area contributed by atoms with Crippen molar-refractivity contribution >= 4 is 50.1 Å². The van der Waals surface area contributed by atoms with Crippen LogP contribution in [0.3, 0.4) is 0 Å². The van der Waals surface area contributed by atoms with Crippen LogP contribution in [0.2, 0.25) is 0 Å². The van der Waals surface area contributed by atoms with Gasteiger partial charge >= 0.3 is 17.9 Å². The molecule has 0 aromatic carbocycles.